The van der Waals surface area contributed by atoms with Gasteiger partial charge in [0.2, 0.25) is 11.8 Å². The minimum atomic E-state index is -0.485. The number of nitrogens with one attached hydrogen (secondary N) is 1. The molecule has 3 fully saturated rings. The third kappa shape index (κ3) is 3.84. The zero-order chi connectivity index (χ0) is 19.6. The summed E-state index contributed by atoms with van der Waals surface area (Å²) in [5.74, 6) is -0.270. The molecular weight excluding hydrogens is 362 g/mol. The highest BCUT2D eigenvalue weighted by molar-refractivity contribution is 5.94. The van der Waals surface area contributed by atoms with Gasteiger partial charge in [0.15, 0.2) is 5.79 Å². The molecule has 2 atom stereocenters. The summed E-state index contributed by atoms with van der Waals surface area (Å²) in [4.78, 5) is 31.6. The number of hydrogen-bond acceptors (Lipinski definition) is 6. The molecule has 152 valence electrons. The minimum absolute atomic E-state index is 0.128. The van der Waals surface area contributed by atoms with Crippen LogP contribution in [-0.2, 0) is 14.3 Å². The molecule has 8 heteroatoms. The fourth-order valence-corrected chi connectivity index (χ4v) is 4.40. The molecular formula is C20H27N3O5. The van der Waals surface area contributed by atoms with Crippen LogP contribution < -0.4 is 10.1 Å². The molecule has 4 rings (SSSR count). The Morgan fingerprint density at radius 2 is 1.96 bits per heavy atom. The van der Waals surface area contributed by atoms with Crippen molar-refractivity contribution in [3.05, 3.63) is 23.9 Å². The molecule has 3 heterocycles. The Kier molecular flexibility index (Phi) is 5.50. The topological polar surface area (TPSA) is 90.0 Å². The fourth-order valence-electron chi connectivity index (χ4n) is 4.40. The molecule has 1 aromatic heterocycles. The van der Waals surface area contributed by atoms with Gasteiger partial charge in [-0.05, 0) is 18.9 Å². The van der Waals surface area contributed by atoms with E-state index in [-0.39, 0.29) is 23.8 Å². The molecule has 2 saturated heterocycles. The van der Waals surface area contributed by atoms with Crippen LogP contribution in [0, 0.1) is 5.92 Å². The van der Waals surface area contributed by atoms with Crippen LogP contribution in [0.3, 0.4) is 0 Å². The number of amides is 2. The zero-order valence-corrected chi connectivity index (χ0v) is 16.2. The number of carbonyl (C=O) groups is 2. The summed E-state index contributed by atoms with van der Waals surface area (Å²) < 4.78 is 16.5. The molecule has 0 aromatic carbocycles. The van der Waals surface area contributed by atoms with Gasteiger partial charge in [0, 0.05) is 44.2 Å². The molecule has 2 aliphatic heterocycles. The predicted octanol–water partition coefficient (Wildman–Crippen LogP) is 1.35. The Morgan fingerprint density at radius 3 is 2.61 bits per heavy atom. The van der Waals surface area contributed by atoms with Gasteiger partial charge in [-0.25, -0.2) is 4.98 Å². The lowest BCUT2D eigenvalue weighted by Crippen LogP contribution is -2.51. The summed E-state index contributed by atoms with van der Waals surface area (Å²) in [6.45, 7) is 2.53. The number of carbonyl (C=O) groups excluding carboxylic acids is 2. The molecule has 3 aliphatic rings. The van der Waals surface area contributed by atoms with Crippen LogP contribution in [0.15, 0.2) is 18.3 Å². The molecule has 0 radical (unpaired) electrons. The number of piperidine rings is 1. The van der Waals surface area contributed by atoms with Gasteiger partial charge in [0.1, 0.15) is 0 Å². The summed E-state index contributed by atoms with van der Waals surface area (Å²) in [7, 11) is 1.53. The van der Waals surface area contributed by atoms with Crippen LogP contribution in [-0.4, -0.2) is 66.9 Å². The van der Waals surface area contributed by atoms with Crippen molar-refractivity contribution in [3.63, 3.8) is 0 Å². The Balaban J connectivity index is 1.35. The predicted molar refractivity (Wildman–Crippen MR) is 99.8 cm³/mol. The number of likely N-dealkylation sites (tertiary alicyclic amines) is 1. The summed E-state index contributed by atoms with van der Waals surface area (Å²) in [6.07, 6.45) is 5.47. The molecule has 8 nitrogen and oxygen atoms in total. The molecule has 2 amide bonds. The van der Waals surface area contributed by atoms with Crippen LogP contribution in [0.4, 0.5) is 0 Å². The van der Waals surface area contributed by atoms with Crippen molar-refractivity contribution in [1.82, 2.24) is 15.2 Å². The van der Waals surface area contributed by atoms with Crippen molar-refractivity contribution in [3.8, 4) is 5.88 Å². The van der Waals surface area contributed by atoms with E-state index in [1.165, 1.54) is 13.3 Å². The van der Waals surface area contributed by atoms with E-state index in [0.29, 0.717) is 50.6 Å². The summed E-state index contributed by atoms with van der Waals surface area (Å²) in [5, 5.41) is 3.03. The van der Waals surface area contributed by atoms with Gasteiger partial charge in [-0.2, -0.15) is 0 Å². The van der Waals surface area contributed by atoms with Crippen LogP contribution in [0.25, 0.3) is 0 Å². The lowest BCUT2D eigenvalue weighted by atomic mass is 9.97. The van der Waals surface area contributed by atoms with E-state index in [1.54, 1.807) is 12.1 Å². The lowest BCUT2D eigenvalue weighted by Gasteiger charge is -2.39. The van der Waals surface area contributed by atoms with E-state index in [9.17, 15) is 9.59 Å². The van der Waals surface area contributed by atoms with Crippen molar-refractivity contribution < 1.29 is 23.8 Å². The molecule has 1 aromatic rings. The van der Waals surface area contributed by atoms with Crippen molar-refractivity contribution in [2.24, 2.45) is 5.92 Å². The van der Waals surface area contributed by atoms with Crippen molar-refractivity contribution in [1.29, 1.82) is 0 Å². The third-order valence-corrected chi connectivity index (χ3v) is 6.01. The number of aromatic nitrogens is 1. The highest BCUT2D eigenvalue weighted by Gasteiger charge is 2.43. The second-order valence-electron chi connectivity index (χ2n) is 7.64. The van der Waals surface area contributed by atoms with Gasteiger partial charge in [-0.3, -0.25) is 9.59 Å². The van der Waals surface area contributed by atoms with Crippen LogP contribution in [0.5, 0.6) is 5.88 Å². The number of pyridine rings is 1. The number of ether oxygens (including phenoxy) is 3. The normalized spacial score (nSPS) is 26.4. The van der Waals surface area contributed by atoms with E-state index in [2.05, 4.69) is 10.3 Å². The van der Waals surface area contributed by atoms with Gasteiger partial charge >= 0.3 is 0 Å². The number of methoxy groups -OCH3 is 1. The molecule has 28 heavy (non-hydrogen) atoms. The Morgan fingerprint density at radius 1 is 1.21 bits per heavy atom. The van der Waals surface area contributed by atoms with Crippen molar-refractivity contribution in [2.75, 3.05) is 33.4 Å². The Bertz CT molecular complexity index is 707. The molecule has 1 spiro atoms. The first-order valence-corrected chi connectivity index (χ1v) is 9.98. The smallest absolute Gasteiger partial charge is 0.253 e. The van der Waals surface area contributed by atoms with Crippen molar-refractivity contribution in [2.45, 2.75) is 43.9 Å². The van der Waals surface area contributed by atoms with E-state index in [0.717, 1.165) is 19.3 Å². The number of hydrogen-bond donors (Lipinski definition) is 1. The second-order valence-corrected chi connectivity index (χ2v) is 7.64. The SMILES string of the molecule is COc1ccc(C(=O)NC2CCCC2C(=O)N2CCC3(CC2)OCCO3)cn1. The fraction of sp³-hybridized carbons (Fsp3) is 0.650. The number of rotatable bonds is 4. The minimum Gasteiger partial charge on any atom is -0.481 e. The zero-order valence-electron chi connectivity index (χ0n) is 16.2. The molecule has 1 saturated carbocycles. The Labute approximate surface area is 164 Å². The lowest BCUT2D eigenvalue weighted by molar-refractivity contribution is -0.188. The first kappa shape index (κ1) is 19.1. The van der Waals surface area contributed by atoms with Gasteiger partial charge in [-0.15, -0.1) is 0 Å². The quantitative estimate of drug-likeness (QED) is 0.836. The first-order valence-electron chi connectivity index (χ1n) is 9.98. The largest absolute Gasteiger partial charge is 0.481 e. The van der Waals surface area contributed by atoms with E-state index in [4.69, 9.17) is 14.2 Å². The maximum atomic E-state index is 13.1. The maximum Gasteiger partial charge on any atom is 0.253 e. The Hall–Kier alpha value is -2.19. The molecule has 0 bridgehead atoms. The monoisotopic (exact) mass is 389 g/mol. The number of nitrogens with zero attached hydrogens (tertiary/aromatic N) is 2. The average molecular weight is 389 g/mol. The van der Waals surface area contributed by atoms with E-state index in [1.807, 2.05) is 4.90 Å². The van der Waals surface area contributed by atoms with E-state index >= 15 is 0 Å². The van der Waals surface area contributed by atoms with Crippen LogP contribution >= 0.6 is 0 Å². The van der Waals surface area contributed by atoms with Gasteiger partial charge in [0.05, 0.1) is 31.8 Å². The highest BCUT2D eigenvalue weighted by Crippen LogP contribution is 2.34. The second kappa shape index (κ2) is 8.05. The van der Waals surface area contributed by atoms with Gasteiger partial charge < -0.3 is 24.4 Å². The summed E-state index contributed by atoms with van der Waals surface area (Å²) in [6, 6.07) is 3.19. The van der Waals surface area contributed by atoms with Crippen LogP contribution in [0.2, 0.25) is 0 Å². The van der Waals surface area contributed by atoms with Gasteiger partial charge in [0.25, 0.3) is 5.91 Å². The highest BCUT2D eigenvalue weighted by atomic mass is 16.7. The van der Waals surface area contributed by atoms with Crippen molar-refractivity contribution >= 4 is 11.8 Å². The van der Waals surface area contributed by atoms with Crippen LogP contribution in [0.1, 0.15) is 42.5 Å². The average Bonchev–Trinajstić information content (AvgIpc) is 3.38. The van der Waals surface area contributed by atoms with Gasteiger partial charge in [-0.1, -0.05) is 6.42 Å². The summed E-state index contributed by atoms with van der Waals surface area (Å²) >= 11 is 0. The standard InChI is InChI=1S/C20H27N3O5/c1-26-17-6-5-14(13-21-17)18(24)22-16-4-2-3-15(16)19(25)23-9-7-20(8-10-23)27-11-12-28-20/h5-6,13,15-16H,2-4,7-12H2,1H3,(H,22,24). The molecule has 1 N–H and O–H groups in total. The maximum absolute atomic E-state index is 13.1. The third-order valence-electron chi connectivity index (χ3n) is 6.01. The van der Waals surface area contributed by atoms with E-state index < -0.39 is 5.79 Å². The first-order chi connectivity index (χ1) is 13.6. The summed E-state index contributed by atoms with van der Waals surface area (Å²) in [5.41, 5.74) is 0.467. The molecule has 1 aliphatic carbocycles. The molecule has 2 unspecified atom stereocenters.